The molecule has 2 heterocycles. The van der Waals surface area contributed by atoms with E-state index in [1.54, 1.807) is 4.68 Å². The maximum absolute atomic E-state index is 13.2. The van der Waals surface area contributed by atoms with E-state index >= 15 is 0 Å². The molecule has 0 spiro atoms. The number of fused-ring (bicyclic) bond motifs is 1. The molecule has 0 aromatic carbocycles. The second kappa shape index (κ2) is 6.81. The summed E-state index contributed by atoms with van der Waals surface area (Å²) in [6, 6.07) is 0. The van der Waals surface area contributed by atoms with Crippen molar-refractivity contribution in [3.8, 4) is 0 Å². The lowest BCUT2D eigenvalue weighted by Gasteiger charge is -2.32. The van der Waals surface area contributed by atoms with Crippen LogP contribution in [-0.4, -0.2) is 46.3 Å². The molecule has 2 unspecified atom stereocenters. The van der Waals surface area contributed by atoms with Gasteiger partial charge < -0.3 is 9.64 Å². The van der Waals surface area contributed by atoms with Crippen LogP contribution in [0, 0.1) is 11.3 Å². The number of aromatic nitrogens is 2. The van der Waals surface area contributed by atoms with Crippen molar-refractivity contribution < 1.29 is 14.3 Å². The molecule has 0 saturated carbocycles. The van der Waals surface area contributed by atoms with E-state index in [1.807, 2.05) is 38.9 Å². The molecule has 0 bridgehead atoms. The van der Waals surface area contributed by atoms with E-state index < -0.39 is 5.41 Å². The predicted octanol–water partition coefficient (Wildman–Crippen LogP) is 2.28. The zero-order valence-electron chi connectivity index (χ0n) is 15.7. The van der Waals surface area contributed by atoms with Gasteiger partial charge in [0, 0.05) is 31.9 Å². The first kappa shape index (κ1) is 18.0. The van der Waals surface area contributed by atoms with Crippen molar-refractivity contribution in [2.24, 2.45) is 18.4 Å². The highest BCUT2D eigenvalue weighted by atomic mass is 16.5. The molecule has 138 valence electrons. The summed E-state index contributed by atoms with van der Waals surface area (Å²) < 4.78 is 7.14. The highest BCUT2D eigenvalue weighted by Gasteiger charge is 2.50. The summed E-state index contributed by atoms with van der Waals surface area (Å²) >= 11 is 0. The molecular formula is C19H29N3O3. The first-order valence-corrected chi connectivity index (χ1v) is 9.37. The Hall–Kier alpha value is -1.85. The zero-order chi connectivity index (χ0) is 18.2. The molecule has 0 radical (unpaired) electrons. The zero-order valence-corrected chi connectivity index (χ0v) is 15.7. The second-order valence-corrected chi connectivity index (χ2v) is 7.69. The Morgan fingerprint density at radius 2 is 2.20 bits per heavy atom. The summed E-state index contributed by atoms with van der Waals surface area (Å²) in [5.41, 5.74) is 1.54. The minimum Gasteiger partial charge on any atom is -0.466 e. The molecular weight excluding hydrogens is 318 g/mol. The largest absolute Gasteiger partial charge is 0.466 e. The van der Waals surface area contributed by atoms with Crippen LogP contribution < -0.4 is 0 Å². The predicted molar refractivity (Wildman–Crippen MR) is 94.0 cm³/mol. The Bertz CT molecular complexity index is 667. The Labute approximate surface area is 149 Å². The molecule has 6 heteroatoms. The van der Waals surface area contributed by atoms with Gasteiger partial charge in [0.1, 0.15) is 0 Å². The first-order valence-electron chi connectivity index (χ1n) is 9.37. The standard InChI is InChI=1S/C19H29N3O3/c1-5-25-18(24)19(13(2)3)9-10-22(12-19)17(23)14-7-6-8-16-15(14)11-21(4)20-16/h11,13-14H,5-10,12H2,1-4H3. The van der Waals surface area contributed by atoms with Crippen molar-refractivity contribution >= 4 is 11.9 Å². The van der Waals surface area contributed by atoms with Crippen molar-refractivity contribution in [3.05, 3.63) is 17.5 Å². The van der Waals surface area contributed by atoms with Gasteiger partial charge in [-0.2, -0.15) is 5.10 Å². The van der Waals surface area contributed by atoms with Crippen LogP contribution in [0.2, 0.25) is 0 Å². The minimum atomic E-state index is -0.571. The summed E-state index contributed by atoms with van der Waals surface area (Å²) in [4.78, 5) is 27.7. The lowest BCUT2D eigenvalue weighted by molar-refractivity contribution is -0.157. The summed E-state index contributed by atoms with van der Waals surface area (Å²) in [6.45, 7) is 7.39. The number of rotatable bonds is 4. The van der Waals surface area contributed by atoms with Gasteiger partial charge in [0.25, 0.3) is 0 Å². The maximum Gasteiger partial charge on any atom is 0.314 e. The van der Waals surface area contributed by atoms with Crippen molar-refractivity contribution in [2.75, 3.05) is 19.7 Å². The fourth-order valence-electron chi connectivity index (χ4n) is 4.31. The maximum atomic E-state index is 13.2. The van der Waals surface area contributed by atoms with Crippen LogP contribution in [0.5, 0.6) is 0 Å². The van der Waals surface area contributed by atoms with Crippen LogP contribution in [-0.2, 0) is 27.8 Å². The number of likely N-dealkylation sites (tertiary alicyclic amines) is 1. The van der Waals surface area contributed by atoms with Crippen molar-refractivity contribution in [2.45, 2.75) is 52.4 Å². The number of nitrogens with zero attached hydrogens (tertiary/aromatic N) is 3. The summed E-state index contributed by atoms with van der Waals surface area (Å²) in [6.07, 6.45) is 5.46. The molecule has 1 aliphatic carbocycles. The molecule has 25 heavy (non-hydrogen) atoms. The Kier molecular flexibility index (Phi) is 4.89. The van der Waals surface area contributed by atoms with E-state index in [4.69, 9.17) is 4.74 Å². The normalized spacial score (nSPS) is 26.0. The number of ether oxygens (including phenoxy) is 1. The van der Waals surface area contributed by atoms with Gasteiger partial charge in [-0.3, -0.25) is 14.3 Å². The molecule has 2 aliphatic rings. The van der Waals surface area contributed by atoms with Crippen molar-refractivity contribution in [1.82, 2.24) is 14.7 Å². The molecule has 1 aromatic rings. The van der Waals surface area contributed by atoms with E-state index in [1.165, 1.54) is 0 Å². The molecule has 6 nitrogen and oxygen atoms in total. The number of carbonyl (C=O) groups is 2. The van der Waals surface area contributed by atoms with Crippen molar-refractivity contribution in [1.29, 1.82) is 0 Å². The van der Waals surface area contributed by atoms with Gasteiger partial charge >= 0.3 is 5.97 Å². The number of esters is 1. The van der Waals surface area contributed by atoms with Crippen LogP contribution in [0.15, 0.2) is 6.20 Å². The SMILES string of the molecule is CCOC(=O)C1(C(C)C)CCN(C(=O)C2CCCc3nn(C)cc32)C1. The first-order chi connectivity index (χ1) is 11.9. The van der Waals surface area contributed by atoms with Gasteiger partial charge in [-0.1, -0.05) is 13.8 Å². The quantitative estimate of drug-likeness (QED) is 0.784. The average Bonchev–Trinajstić information content (AvgIpc) is 3.17. The van der Waals surface area contributed by atoms with Gasteiger partial charge in [0.05, 0.1) is 23.6 Å². The molecule has 1 saturated heterocycles. The van der Waals surface area contributed by atoms with Crippen LogP contribution in [0.4, 0.5) is 0 Å². The fourth-order valence-corrected chi connectivity index (χ4v) is 4.31. The van der Waals surface area contributed by atoms with E-state index in [9.17, 15) is 9.59 Å². The highest BCUT2D eigenvalue weighted by Crippen LogP contribution is 2.41. The third-order valence-electron chi connectivity index (χ3n) is 5.92. The van der Waals surface area contributed by atoms with Gasteiger partial charge in [0.15, 0.2) is 0 Å². The van der Waals surface area contributed by atoms with Crippen LogP contribution in [0.3, 0.4) is 0 Å². The van der Waals surface area contributed by atoms with E-state index in [2.05, 4.69) is 5.10 Å². The topological polar surface area (TPSA) is 64.4 Å². The third-order valence-corrected chi connectivity index (χ3v) is 5.92. The van der Waals surface area contributed by atoms with Crippen LogP contribution in [0.1, 0.15) is 57.2 Å². The Morgan fingerprint density at radius 3 is 2.88 bits per heavy atom. The average molecular weight is 347 g/mol. The van der Waals surface area contributed by atoms with Crippen LogP contribution in [0.25, 0.3) is 0 Å². The monoisotopic (exact) mass is 347 g/mol. The second-order valence-electron chi connectivity index (χ2n) is 7.69. The van der Waals surface area contributed by atoms with Gasteiger partial charge in [-0.05, 0) is 38.5 Å². The fraction of sp³-hybridized carbons (Fsp3) is 0.737. The van der Waals surface area contributed by atoms with E-state index in [0.717, 1.165) is 30.5 Å². The number of carbonyl (C=O) groups excluding carboxylic acids is 2. The van der Waals surface area contributed by atoms with Crippen LogP contribution >= 0.6 is 0 Å². The molecule has 1 aliphatic heterocycles. The lowest BCUT2D eigenvalue weighted by Crippen LogP contribution is -2.43. The van der Waals surface area contributed by atoms with Crippen molar-refractivity contribution in [3.63, 3.8) is 0 Å². The number of aryl methyl sites for hydroxylation is 2. The van der Waals surface area contributed by atoms with Gasteiger partial charge in [-0.15, -0.1) is 0 Å². The molecule has 1 amide bonds. The molecule has 2 atom stereocenters. The number of amides is 1. The molecule has 0 N–H and O–H groups in total. The molecule has 1 aromatic heterocycles. The summed E-state index contributed by atoms with van der Waals surface area (Å²) in [7, 11) is 1.90. The Morgan fingerprint density at radius 1 is 1.44 bits per heavy atom. The summed E-state index contributed by atoms with van der Waals surface area (Å²) in [5.74, 6) is -0.000879. The van der Waals surface area contributed by atoms with E-state index in [0.29, 0.717) is 26.1 Å². The highest BCUT2D eigenvalue weighted by molar-refractivity contribution is 5.86. The molecule has 1 fully saturated rings. The number of hydrogen-bond donors (Lipinski definition) is 0. The lowest BCUT2D eigenvalue weighted by atomic mass is 9.76. The smallest absolute Gasteiger partial charge is 0.314 e. The van der Waals surface area contributed by atoms with Gasteiger partial charge in [0.2, 0.25) is 5.91 Å². The summed E-state index contributed by atoms with van der Waals surface area (Å²) in [5, 5.41) is 4.49. The van der Waals surface area contributed by atoms with Gasteiger partial charge in [-0.25, -0.2) is 0 Å². The van der Waals surface area contributed by atoms with E-state index in [-0.39, 0.29) is 23.7 Å². The Balaban J connectivity index is 1.80. The third kappa shape index (κ3) is 3.07. The number of hydrogen-bond acceptors (Lipinski definition) is 4. The minimum absolute atomic E-state index is 0.123. The molecule has 3 rings (SSSR count).